The maximum Gasteiger partial charge on any atom is 0.273 e. The van der Waals surface area contributed by atoms with Crippen LogP contribution in [0.3, 0.4) is 0 Å². The summed E-state index contributed by atoms with van der Waals surface area (Å²) in [5.41, 5.74) is 8.84. The molecular formula is C22H26N4O2. The molecule has 0 aromatic carbocycles. The first-order valence-electron chi connectivity index (χ1n) is 10.3. The summed E-state index contributed by atoms with van der Waals surface area (Å²) in [7, 11) is 0. The molecule has 3 aliphatic rings. The zero-order valence-corrected chi connectivity index (χ0v) is 16.3. The topological polar surface area (TPSA) is 73.6 Å². The van der Waals surface area contributed by atoms with Gasteiger partial charge in [-0.2, -0.15) is 5.10 Å². The lowest BCUT2D eigenvalue weighted by Gasteiger charge is -2.15. The fraction of sp³-hybridized carbons (Fsp3) is 0.455. The van der Waals surface area contributed by atoms with E-state index in [1.807, 2.05) is 18.2 Å². The highest BCUT2D eigenvalue weighted by molar-refractivity contribution is 6.32. The van der Waals surface area contributed by atoms with Gasteiger partial charge in [0, 0.05) is 17.9 Å². The van der Waals surface area contributed by atoms with E-state index in [4.69, 9.17) is 4.42 Å². The first-order chi connectivity index (χ1) is 13.7. The number of aromatic nitrogens is 1. The van der Waals surface area contributed by atoms with Crippen LogP contribution in [0.15, 0.2) is 33.5 Å². The number of aryl methyl sites for hydroxylation is 1. The van der Waals surface area contributed by atoms with Crippen LogP contribution < -0.4 is 5.43 Å². The second-order valence-electron chi connectivity index (χ2n) is 8.07. The summed E-state index contributed by atoms with van der Waals surface area (Å²) in [6.07, 6.45) is 9.74. The van der Waals surface area contributed by atoms with Crippen LogP contribution in [0, 0.1) is 6.92 Å². The molecule has 1 saturated carbocycles. The van der Waals surface area contributed by atoms with Gasteiger partial charge in [0.25, 0.3) is 5.91 Å². The van der Waals surface area contributed by atoms with Crippen LogP contribution in [0.5, 0.6) is 0 Å². The number of amides is 1. The molecule has 2 N–H and O–H groups in total. The number of rotatable bonds is 6. The van der Waals surface area contributed by atoms with E-state index in [2.05, 4.69) is 27.3 Å². The molecule has 0 bridgehead atoms. The maximum absolute atomic E-state index is 12.4. The van der Waals surface area contributed by atoms with Crippen LogP contribution in [0.25, 0.3) is 6.08 Å². The van der Waals surface area contributed by atoms with E-state index in [-0.39, 0.29) is 5.91 Å². The summed E-state index contributed by atoms with van der Waals surface area (Å²) < 4.78 is 5.47. The number of hydrogen-bond acceptors (Lipinski definition) is 4. The predicted molar refractivity (Wildman–Crippen MR) is 108 cm³/mol. The number of H-pyrrole nitrogens is 1. The summed E-state index contributed by atoms with van der Waals surface area (Å²) >= 11 is 0. The van der Waals surface area contributed by atoms with E-state index in [9.17, 15) is 4.79 Å². The summed E-state index contributed by atoms with van der Waals surface area (Å²) in [5.74, 6) is 1.04. The molecule has 5 rings (SSSR count). The molecule has 0 unspecified atom stereocenters. The SMILES string of the molecule is Cc1[nH]c(C=C2C(=O)NN=C2c2ccco2)c(C2CC2)c1CCN1CCCC1. The molecule has 4 heterocycles. The van der Waals surface area contributed by atoms with E-state index >= 15 is 0 Å². The molecule has 146 valence electrons. The number of nitrogens with one attached hydrogen (secondary N) is 2. The van der Waals surface area contributed by atoms with Gasteiger partial charge >= 0.3 is 0 Å². The fourth-order valence-electron chi connectivity index (χ4n) is 4.47. The van der Waals surface area contributed by atoms with Crippen molar-refractivity contribution in [3.8, 4) is 0 Å². The molecule has 2 fully saturated rings. The van der Waals surface area contributed by atoms with Gasteiger partial charge in [0.15, 0.2) is 5.76 Å². The van der Waals surface area contributed by atoms with Crippen molar-refractivity contribution in [2.24, 2.45) is 5.10 Å². The zero-order valence-electron chi connectivity index (χ0n) is 16.3. The van der Waals surface area contributed by atoms with Crippen molar-refractivity contribution in [3.63, 3.8) is 0 Å². The first kappa shape index (κ1) is 17.5. The lowest BCUT2D eigenvalue weighted by atomic mass is 9.99. The Kier molecular flexibility index (Phi) is 4.43. The number of furan rings is 1. The van der Waals surface area contributed by atoms with Gasteiger partial charge in [-0.3, -0.25) is 4.79 Å². The molecule has 1 aliphatic carbocycles. The Hall–Kier alpha value is -2.60. The lowest BCUT2D eigenvalue weighted by molar-refractivity contribution is -0.116. The number of nitrogens with zero attached hydrogens (tertiary/aromatic N) is 2. The third kappa shape index (κ3) is 3.22. The summed E-state index contributed by atoms with van der Waals surface area (Å²) in [4.78, 5) is 18.5. The van der Waals surface area contributed by atoms with Crippen LogP contribution >= 0.6 is 0 Å². The normalized spacial score (nSPS) is 21.5. The standard InChI is InChI=1S/C22H26N4O2/c1-14-16(8-11-26-9-2-3-10-26)20(15-6-7-15)18(23-14)13-17-21(24-25-22(17)27)19-5-4-12-28-19/h4-5,12-13,15,23H,2-3,6-11H2,1H3,(H,25,27). The Morgan fingerprint density at radius 2 is 2.14 bits per heavy atom. The van der Waals surface area contributed by atoms with Gasteiger partial charge in [0.05, 0.1) is 11.8 Å². The minimum Gasteiger partial charge on any atom is -0.463 e. The Bertz CT molecular complexity index is 942. The van der Waals surface area contributed by atoms with Crippen molar-refractivity contribution in [1.82, 2.24) is 15.3 Å². The van der Waals surface area contributed by atoms with Gasteiger partial charge in [-0.25, -0.2) is 5.43 Å². The molecule has 2 aromatic rings. The van der Waals surface area contributed by atoms with Crippen LogP contribution in [0.4, 0.5) is 0 Å². The van der Waals surface area contributed by atoms with Gasteiger partial charge in [-0.15, -0.1) is 0 Å². The molecular weight excluding hydrogens is 352 g/mol. The van der Waals surface area contributed by atoms with E-state index in [1.165, 1.54) is 55.6 Å². The predicted octanol–water partition coefficient (Wildman–Crippen LogP) is 3.35. The number of likely N-dealkylation sites (tertiary alicyclic amines) is 1. The largest absolute Gasteiger partial charge is 0.463 e. The van der Waals surface area contributed by atoms with Gasteiger partial charge in [-0.05, 0) is 87.4 Å². The molecule has 6 heteroatoms. The number of hydrogen-bond donors (Lipinski definition) is 2. The fourth-order valence-corrected chi connectivity index (χ4v) is 4.47. The van der Waals surface area contributed by atoms with E-state index in [0.717, 1.165) is 18.7 Å². The van der Waals surface area contributed by atoms with Crippen LogP contribution in [0.2, 0.25) is 0 Å². The molecule has 1 amide bonds. The third-order valence-corrected chi connectivity index (χ3v) is 6.06. The highest BCUT2D eigenvalue weighted by Gasteiger charge is 2.32. The average Bonchev–Trinajstić information content (AvgIpc) is 3.10. The summed E-state index contributed by atoms with van der Waals surface area (Å²) in [6, 6.07) is 3.64. The second kappa shape index (κ2) is 7.09. The summed E-state index contributed by atoms with van der Waals surface area (Å²) in [5, 5.41) is 4.18. The van der Waals surface area contributed by atoms with Crippen molar-refractivity contribution < 1.29 is 9.21 Å². The third-order valence-electron chi connectivity index (χ3n) is 6.06. The smallest absolute Gasteiger partial charge is 0.273 e. The van der Waals surface area contributed by atoms with Crippen LogP contribution in [0.1, 0.15) is 59.9 Å². The van der Waals surface area contributed by atoms with E-state index < -0.39 is 0 Å². The van der Waals surface area contributed by atoms with Crippen molar-refractivity contribution in [2.75, 3.05) is 19.6 Å². The van der Waals surface area contributed by atoms with Crippen molar-refractivity contribution in [3.05, 3.63) is 52.2 Å². The van der Waals surface area contributed by atoms with Gasteiger partial charge < -0.3 is 14.3 Å². The van der Waals surface area contributed by atoms with Gasteiger partial charge in [0.1, 0.15) is 5.71 Å². The first-order valence-corrected chi connectivity index (χ1v) is 10.3. The van der Waals surface area contributed by atoms with Crippen LogP contribution in [-0.2, 0) is 11.2 Å². The molecule has 2 aliphatic heterocycles. The average molecular weight is 378 g/mol. The molecule has 0 atom stereocenters. The highest BCUT2D eigenvalue weighted by atomic mass is 16.3. The number of carbonyl (C=O) groups is 1. The molecule has 6 nitrogen and oxygen atoms in total. The molecule has 2 aromatic heterocycles. The monoisotopic (exact) mass is 378 g/mol. The lowest BCUT2D eigenvalue weighted by Crippen LogP contribution is -2.22. The van der Waals surface area contributed by atoms with Gasteiger partial charge in [-0.1, -0.05) is 0 Å². The minimum atomic E-state index is -0.181. The Balaban J connectivity index is 1.47. The Morgan fingerprint density at radius 3 is 2.86 bits per heavy atom. The van der Waals surface area contributed by atoms with Crippen molar-refractivity contribution >= 4 is 17.7 Å². The highest BCUT2D eigenvalue weighted by Crippen LogP contribution is 2.45. The molecule has 0 radical (unpaired) electrons. The number of aromatic amines is 1. The second-order valence-corrected chi connectivity index (χ2v) is 8.07. The van der Waals surface area contributed by atoms with Crippen molar-refractivity contribution in [2.45, 2.75) is 44.9 Å². The molecule has 0 spiro atoms. The van der Waals surface area contributed by atoms with Gasteiger partial charge in [0.2, 0.25) is 0 Å². The molecule has 28 heavy (non-hydrogen) atoms. The number of carbonyl (C=O) groups excluding carboxylic acids is 1. The molecule has 1 saturated heterocycles. The van der Waals surface area contributed by atoms with Crippen LogP contribution in [-0.4, -0.2) is 41.1 Å². The minimum absolute atomic E-state index is 0.181. The summed E-state index contributed by atoms with van der Waals surface area (Å²) in [6.45, 7) is 5.72. The quantitative estimate of drug-likeness (QED) is 0.757. The Labute approximate surface area is 164 Å². The maximum atomic E-state index is 12.4. The zero-order chi connectivity index (χ0) is 19.1. The number of hydrazone groups is 1. The van der Waals surface area contributed by atoms with Crippen molar-refractivity contribution in [1.29, 1.82) is 0 Å². The van der Waals surface area contributed by atoms with E-state index in [1.54, 1.807) is 6.26 Å². The van der Waals surface area contributed by atoms with E-state index in [0.29, 0.717) is 23.0 Å². The Morgan fingerprint density at radius 1 is 1.32 bits per heavy atom.